The van der Waals surface area contributed by atoms with Gasteiger partial charge in [0.05, 0.1) is 16.2 Å². The Hall–Kier alpha value is -1.40. The lowest BCUT2D eigenvalue weighted by Gasteiger charge is -2.18. The molecule has 5 nitrogen and oxygen atoms in total. The smallest absolute Gasteiger partial charge is 0.255 e. The summed E-state index contributed by atoms with van der Waals surface area (Å²) in [5, 5.41) is 0. The van der Waals surface area contributed by atoms with Crippen molar-refractivity contribution in [1.29, 1.82) is 0 Å². The summed E-state index contributed by atoms with van der Waals surface area (Å²) in [5.74, 6) is -0.190. The van der Waals surface area contributed by atoms with Gasteiger partial charge in [0, 0.05) is 19.1 Å². The van der Waals surface area contributed by atoms with E-state index in [1.807, 2.05) is 6.92 Å². The summed E-state index contributed by atoms with van der Waals surface area (Å²) in [5.41, 5.74) is 6.06. The number of nitrogens with zero attached hydrogens (tertiary/aromatic N) is 1. The number of amides is 1. The van der Waals surface area contributed by atoms with Crippen LogP contribution in [0.3, 0.4) is 0 Å². The number of hydrogen-bond donors (Lipinski definition) is 1. The number of carbonyl (C=O) groups is 1. The van der Waals surface area contributed by atoms with E-state index < -0.39 is 9.84 Å². The van der Waals surface area contributed by atoms with E-state index in [0.29, 0.717) is 19.5 Å². The molecule has 20 heavy (non-hydrogen) atoms. The predicted molar refractivity (Wildman–Crippen MR) is 77.3 cm³/mol. The van der Waals surface area contributed by atoms with Gasteiger partial charge in [-0.1, -0.05) is 19.1 Å². The van der Waals surface area contributed by atoms with Crippen molar-refractivity contribution in [3.05, 3.63) is 29.8 Å². The van der Waals surface area contributed by atoms with Crippen molar-refractivity contribution in [2.24, 2.45) is 5.73 Å². The van der Waals surface area contributed by atoms with Gasteiger partial charge < -0.3 is 10.6 Å². The van der Waals surface area contributed by atoms with Gasteiger partial charge >= 0.3 is 0 Å². The van der Waals surface area contributed by atoms with Gasteiger partial charge in [-0.25, -0.2) is 8.42 Å². The van der Waals surface area contributed by atoms with Crippen molar-refractivity contribution in [3.63, 3.8) is 0 Å². The first-order valence-corrected chi connectivity index (χ1v) is 8.47. The van der Waals surface area contributed by atoms with Crippen molar-refractivity contribution < 1.29 is 13.2 Å². The van der Waals surface area contributed by atoms with Crippen molar-refractivity contribution in [2.45, 2.75) is 30.7 Å². The van der Waals surface area contributed by atoms with Crippen molar-refractivity contribution >= 4 is 15.7 Å². The van der Waals surface area contributed by atoms with Crippen molar-refractivity contribution in [2.75, 3.05) is 18.8 Å². The van der Waals surface area contributed by atoms with E-state index in [1.165, 1.54) is 6.07 Å². The van der Waals surface area contributed by atoms with Gasteiger partial charge in [0.25, 0.3) is 5.91 Å². The zero-order chi connectivity index (χ0) is 14.8. The lowest BCUT2D eigenvalue weighted by molar-refractivity contribution is 0.0787. The first kappa shape index (κ1) is 15.0. The Morgan fingerprint density at radius 2 is 2.10 bits per heavy atom. The van der Waals surface area contributed by atoms with Crippen molar-refractivity contribution in [3.8, 4) is 0 Å². The molecule has 1 saturated heterocycles. The molecule has 1 aliphatic heterocycles. The van der Waals surface area contributed by atoms with Crippen LogP contribution in [0.15, 0.2) is 29.2 Å². The molecular weight excluding hydrogens is 276 g/mol. The second kappa shape index (κ2) is 5.93. The highest BCUT2D eigenvalue weighted by molar-refractivity contribution is 7.91. The average molecular weight is 296 g/mol. The lowest BCUT2D eigenvalue weighted by Crippen LogP contribution is -2.32. The van der Waals surface area contributed by atoms with Crippen LogP contribution in [0.4, 0.5) is 0 Å². The van der Waals surface area contributed by atoms with Crippen LogP contribution in [-0.2, 0) is 9.84 Å². The molecule has 110 valence electrons. The standard InChI is InChI=1S/C14H20N2O3S/c1-2-9-20(18,19)13-6-4-3-5-12(13)14(17)16-8-7-11(15)10-16/h3-6,11H,2,7-10,15H2,1H3/t11-/m0/s1. The molecule has 1 aromatic carbocycles. The average Bonchev–Trinajstić information content (AvgIpc) is 2.84. The van der Waals surface area contributed by atoms with Gasteiger partial charge in [-0.2, -0.15) is 0 Å². The molecule has 1 fully saturated rings. The van der Waals surface area contributed by atoms with Crippen LogP contribution < -0.4 is 5.73 Å². The van der Waals surface area contributed by atoms with Crippen LogP contribution in [0.25, 0.3) is 0 Å². The highest BCUT2D eigenvalue weighted by Gasteiger charge is 2.28. The molecule has 1 aliphatic rings. The summed E-state index contributed by atoms with van der Waals surface area (Å²) in [6.45, 7) is 2.88. The normalized spacial score (nSPS) is 19.3. The Labute approximate surface area is 119 Å². The lowest BCUT2D eigenvalue weighted by atomic mass is 10.2. The van der Waals surface area contributed by atoms with E-state index in [-0.39, 0.29) is 28.2 Å². The minimum absolute atomic E-state index is 0.0154. The molecule has 0 bridgehead atoms. The molecule has 2 rings (SSSR count). The molecule has 1 amide bonds. The summed E-state index contributed by atoms with van der Waals surface area (Å²) >= 11 is 0. The van der Waals surface area contributed by atoms with Crippen LogP contribution in [0.1, 0.15) is 30.1 Å². The maximum absolute atomic E-state index is 12.5. The third kappa shape index (κ3) is 3.02. The molecule has 0 aliphatic carbocycles. The third-order valence-corrected chi connectivity index (χ3v) is 5.41. The van der Waals surface area contributed by atoms with E-state index >= 15 is 0 Å². The van der Waals surface area contributed by atoms with Crippen LogP contribution >= 0.6 is 0 Å². The number of rotatable bonds is 4. The van der Waals surface area contributed by atoms with Crippen molar-refractivity contribution in [1.82, 2.24) is 4.90 Å². The van der Waals surface area contributed by atoms with E-state index in [4.69, 9.17) is 5.73 Å². The summed E-state index contributed by atoms with van der Waals surface area (Å²) in [6.07, 6.45) is 1.29. The second-order valence-electron chi connectivity index (χ2n) is 5.11. The highest BCUT2D eigenvalue weighted by atomic mass is 32.2. The Bertz CT molecular complexity index is 598. The first-order chi connectivity index (χ1) is 9.45. The number of benzene rings is 1. The van der Waals surface area contributed by atoms with E-state index in [9.17, 15) is 13.2 Å². The van der Waals surface area contributed by atoms with Gasteiger partial charge in [-0.05, 0) is 25.0 Å². The molecule has 0 aromatic heterocycles. The molecule has 2 N–H and O–H groups in total. The summed E-state index contributed by atoms with van der Waals surface area (Å²) in [7, 11) is -3.41. The van der Waals surface area contributed by atoms with Gasteiger partial charge in [0.15, 0.2) is 9.84 Å². The number of sulfone groups is 1. The zero-order valence-corrected chi connectivity index (χ0v) is 12.4. The van der Waals surface area contributed by atoms with Gasteiger partial charge in [-0.3, -0.25) is 4.79 Å². The fourth-order valence-corrected chi connectivity index (χ4v) is 3.97. The quantitative estimate of drug-likeness (QED) is 0.900. The summed E-state index contributed by atoms with van der Waals surface area (Å²) in [4.78, 5) is 14.2. The molecule has 1 heterocycles. The van der Waals surface area contributed by atoms with Crippen LogP contribution in [0.2, 0.25) is 0 Å². The monoisotopic (exact) mass is 296 g/mol. The predicted octanol–water partition coefficient (Wildman–Crippen LogP) is 1.04. The van der Waals surface area contributed by atoms with E-state index in [0.717, 1.165) is 6.42 Å². The van der Waals surface area contributed by atoms with Gasteiger partial charge in [-0.15, -0.1) is 0 Å². The Balaban J connectivity index is 2.35. The Morgan fingerprint density at radius 3 is 2.70 bits per heavy atom. The third-order valence-electron chi connectivity index (χ3n) is 3.44. The molecule has 1 atom stereocenters. The number of hydrogen-bond acceptors (Lipinski definition) is 4. The minimum atomic E-state index is -3.41. The van der Waals surface area contributed by atoms with Crippen LogP contribution in [0, 0.1) is 0 Å². The molecule has 0 spiro atoms. The molecular formula is C14H20N2O3S. The maximum atomic E-state index is 12.5. The van der Waals surface area contributed by atoms with E-state index in [2.05, 4.69) is 0 Å². The largest absolute Gasteiger partial charge is 0.337 e. The summed E-state index contributed by atoms with van der Waals surface area (Å²) < 4.78 is 24.5. The number of likely N-dealkylation sites (tertiary alicyclic amines) is 1. The first-order valence-electron chi connectivity index (χ1n) is 6.82. The number of nitrogens with two attached hydrogens (primary N) is 1. The second-order valence-corrected chi connectivity index (χ2v) is 7.19. The van der Waals surface area contributed by atoms with E-state index in [1.54, 1.807) is 23.1 Å². The SMILES string of the molecule is CCCS(=O)(=O)c1ccccc1C(=O)N1CC[C@H](N)C1. The van der Waals surface area contributed by atoms with Gasteiger partial charge in [0.2, 0.25) is 0 Å². The van der Waals surface area contributed by atoms with Gasteiger partial charge in [0.1, 0.15) is 0 Å². The van der Waals surface area contributed by atoms with Crippen LogP contribution in [0.5, 0.6) is 0 Å². The molecule has 0 saturated carbocycles. The maximum Gasteiger partial charge on any atom is 0.255 e. The van der Waals surface area contributed by atoms with Crippen LogP contribution in [-0.4, -0.2) is 44.1 Å². The fourth-order valence-electron chi connectivity index (χ4n) is 2.44. The molecule has 6 heteroatoms. The fraction of sp³-hybridized carbons (Fsp3) is 0.500. The zero-order valence-electron chi connectivity index (χ0n) is 11.6. The Kier molecular flexibility index (Phi) is 4.45. The Morgan fingerprint density at radius 1 is 1.40 bits per heavy atom. The minimum Gasteiger partial charge on any atom is -0.337 e. The molecule has 0 radical (unpaired) electrons. The molecule has 1 aromatic rings. The summed E-state index contributed by atoms with van der Waals surface area (Å²) in [6, 6.07) is 6.41. The number of carbonyl (C=O) groups excluding carboxylic acids is 1. The highest BCUT2D eigenvalue weighted by Crippen LogP contribution is 2.21. The molecule has 0 unspecified atom stereocenters. The topological polar surface area (TPSA) is 80.5 Å².